The Balaban J connectivity index is 1.71. The lowest BCUT2D eigenvalue weighted by Gasteiger charge is -2.26. The number of nitrogens with one attached hydrogen (secondary N) is 2. The monoisotopic (exact) mass is 342 g/mol. The average Bonchev–Trinajstić information content (AvgIpc) is 3.19. The predicted octanol–water partition coefficient (Wildman–Crippen LogP) is 2.53. The number of rotatable bonds is 4. The van der Waals surface area contributed by atoms with Gasteiger partial charge in [0.05, 0.1) is 11.7 Å². The first-order valence-corrected chi connectivity index (χ1v) is 8.66. The van der Waals surface area contributed by atoms with Crippen LogP contribution in [0, 0.1) is 13.8 Å². The molecule has 0 saturated carbocycles. The minimum Gasteiger partial charge on any atom is -0.362 e. The molecule has 1 atom stereocenters. The van der Waals surface area contributed by atoms with Crippen LogP contribution in [0.1, 0.15) is 41.4 Å². The lowest BCUT2D eigenvalue weighted by molar-refractivity contribution is 0.192. The van der Waals surface area contributed by atoms with Crippen LogP contribution in [0.3, 0.4) is 0 Å². The van der Waals surface area contributed by atoms with Gasteiger partial charge >= 0.3 is 6.03 Å². The molecule has 3 rings (SSSR count). The first kappa shape index (κ1) is 17.3. The summed E-state index contributed by atoms with van der Waals surface area (Å²) in [6.45, 7) is 5.25. The van der Waals surface area contributed by atoms with E-state index < -0.39 is 0 Å². The Hall–Kier alpha value is -2.57. The molecule has 0 aliphatic carbocycles. The first-order valence-electron chi connectivity index (χ1n) is 8.66. The first-order chi connectivity index (χ1) is 12.0. The average molecular weight is 342 g/mol. The van der Waals surface area contributed by atoms with E-state index in [-0.39, 0.29) is 12.1 Å². The van der Waals surface area contributed by atoms with Gasteiger partial charge in [0.1, 0.15) is 5.82 Å². The largest absolute Gasteiger partial charge is 0.362 e. The van der Waals surface area contributed by atoms with E-state index in [4.69, 9.17) is 0 Å². The van der Waals surface area contributed by atoms with Crippen molar-refractivity contribution in [2.24, 2.45) is 0 Å². The van der Waals surface area contributed by atoms with Crippen molar-refractivity contribution in [3.05, 3.63) is 40.8 Å². The molecule has 1 aliphatic heterocycles. The van der Waals surface area contributed by atoms with E-state index in [1.807, 2.05) is 49.9 Å². The van der Waals surface area contributed by atoms with E-state index in [1.165, 1.54) is 0 Å². The highest BCUT2D eigenvalue weighted by Crippen LogP contribution is 2.34. The maximum atomic E-state index is 12.8. The number of hydrogen-bond acceptors (Lipinski definition) is 4. The third-order valence-electron chi connectivity index (χ3n) is 4.75. The van der Waals surface area contributed by atoms with E-state index in [0.717, 1.165) is 47.7 Å². The number of hydrogen-bond donors (Lipinski definition) is 2. The van der Waals surface area contributed by atoms with Gasteiger partial charge in [0, 0.05) is 50.2 Å². The number of aromatic nitrogens is 3. The van der Waals surface area contributed by atoms with Gasteiger partial charge in [0.15, 0.2) is 0 Å². The van der Waals surface area contributed by atoms with Gasteiger partial charge in [-0.05, 0) is 32.8 Å². The van der Waals surface area contributed by atoms with Gasteiger partial charge in [-0.15, -0.1) is 0 Å². The second kappa shape index (κ2) is 7.13. The standard InChI is InChI=1S/C18H26N6O/c1-12-16(13(2)22-21-12)15-8-6-10-24(15)18(25)20-11-14-7-5-9-19-17(14)23(3)4/h5,7,9,15H,6,8,10-11H2,1-4H3,(H,20,25)(H,21,22)/t15-/m0/s1. The Bertz CT molecular complexity index is 734. The van der Waals surface area contributed by atoms with E-state index in [9.17, 15) is 4.79 Å². The molecule has 0 radical (unpaired) electrons. The van der Waals surface area contributed by atoms with Crippen LogP contribution >= 0.6 is 0 Å². The van der Waals surface area contributed by atoms with E-state index in [2.05, 4.69) is 20.5 Å². The molecule has 25 heavy (non-hydrogen) atoms. The third kappa shape index (κ3) is 3.45. The van der Waals surface area contributed by atoms with Crippen LogP contribution in [0.5, 0.6) is 0 Å². The summed E-state index contributed by atoms with van der Waals surface area (Å²) in [5, 5.41) is 10.4. The minimum absolute atomic E-state index is 0.0314. The van der Waals surface area contributed by atoms with Crippen molar-refractivity contribution in [1.29, 1.82) is 0 Å². The molecule has 0 bridgehead atoms. The Morgan fingerprint density at radius 3 is 2.92 bits per heavy atom. The Labute approximate surface area is 148 Å². The molecule has 1 aliphatic rings. The van der Waals surface area contributed by atoms with E-state index in [1.54, 1.807) is 6.20 Å². The molecule has 2 amide bonds. The summed E-state index contributed by atoms with van der Waals surface area (Å²) in [6.07, 6.45) is 3.75. The molecule has 2 aromatic rings. The number of carbonyl (C=O) groups excluding carboxylic acids is 1. The van der Waals surface area contributed by atoms with Gasteiger partial charge in [-0.3, -0.25) is 5.10 Å². The number of amides is 2. The second-order valence-corrected chi connectivity index (χ2v) is 6.74. The number of anilines is 1. The zero-order valence-electron chi connectivity index (χ0n) is 15.3. The Morgan fingerprint density at radius 1 is 1.44 bits per heavy atom. The van der Waals surface area contributed by atoms with Crippen LogP contribution in [0.4, 0.5) is 10.6 Å². The summed E-state index contributed by atoms with van der Waals surface area (Å²) < 4.78 is 0. The van der Waals surface area contributed by atoms with Gasteiger partial charge in [0.2, 0.25) is 0 Å². The fourth-order valence-electron chi connectivity index (χ4n) is 3.60. The fourth-order valence-corrected chi connectivity index (χ4v) is 3.60. The van der Waals surface area contributed by atoms with Crippen molar-refractivity contribution in [2.45, 2.75) is 39.3 Å². The molecule has 0 spiro atoms. The molecular formula is C18H26N6O. The van der Waals surface area contributed by atoms with Gasteiger partial charge in [-0.25, -0.2) is 9.78 Å². The number of nitrogens with zero attached hydrogens (tertiary/aromatic N) is 4. The summed E-state index contributed by atoms with van der Waals surface area (Å²) in [6, 6.07) is 3.96. The number of H-pyrrole nitrogens is 1. The molecule has 2 aromatic heterocycles. The maximum Gasteiger partial charge on any atom is 0.318 e. The lowest BCUT2D eigenvalue weighted by atomic mass is 10.0. The number of carbonyl (C=O) groups is 1. The van der Waals surface area contributed by atoms with Gasteiger partial charge in [-0.2, -0.15) is 5.10 Å². The summed E-state index contributed by atoms with van der Waals surface area (Å²) in [5.41, 5.74) is 4.18. The van der Waals surface area contributed by atoms with Crippen LogP contribution in [-0.2, 0) is 6.54 Å². The van der Waals surface area contributed by atoms with Crippen LogP contribution in [0.2, 0.25) is 0 Å². The normalized spacial score (nSPS) is 17.0. The summed E-state index contributed by atoms with van der Waals surface area (Å²) >= 11 is 0. The molecule has 1 fully saturated rings. The topological polar surface area (TPSA) is 77.1 Å². The third-order valence-corrected chi connectivity index (χ3v) is 4.75. The van der Waals surface area contributed by atoms with Crippen molar-refractivity contribution in [3.8, 4) is 0 Å². The second-order valence-electron chi connectivity index (χ2n) is 6.74. The quantitative estimate of drug-likeness (QED) is 0.895. The summed E-state index contributed by atoms with van der Waals surface area (Å²) in [4.78, 5) is 21.0. The molecule has 1 saturated heterocycles. The molecule has 2 N–H and O–H groups in total. The molecule has 0 aromatic carbocycles. The number of likely N-dealkylation sites (tertiary alicyclic amines) is 1. The zero-order chi connectivity index (χ0) is 18.0. The SMILES string of the molecule is Cc1n[nH]c(C)c1[C@@H]1CCCN1C(=O)NCc1cccnc1N(C)C. The fraction of sp³-hybridized carbons (Fsp3) is 0.500. The number of pyridine rings is 1. The van der Waals surface area contributed by atoms with Crippen LogP contribution in [-0.4, -0.2) is 46.8 Å². The molecule has 0 unspecified atom stereocenters. The lowest BCUT2D eigenvalue weighted by Crippen LogP contribution is -2.39. The highest BCUT2D eigenvalue weighted by Gasteiger charge is 2.32. The van der Waals surface area contributed by atoms with Crippen molar-refractivity contribution in [1.82, 2.24) is 25.4 Å². The van der Waals surface area contributed by atoms with E-state index in [0.29, 0.717) is 6.54 Å². The molecule has 134 valence electrons. The number of urea groups is 1. The van der Waals surface area contributed by atoms with Crippen LogP contribution in [0.15, 0.2) is 18.3 Å². The van der Waals surface area contributed by atoms with Gasteiger partial charge in [0.25, 0.3) is 0 Å². The van der Waals surface area contributed by atoms with Gasteiger partial charge in [-0.1, -0.05) is 6.07 Å². The Kier molecular flexibility index (Phi) is 4.92. The highest BCUT2D eigenvalue weighted by atomic mass is 16.2. The van der Waals surface area contributed by atoms with Crippen LogP contribution in [0.25, 0.3) is 0 Å². The van der Waals surface area contributed by atoms with Crippen molar-refractivity contribution in [2.75, 3.05) is 25.5 Å². The molecule has 7 heteroatoms. The van der Waals surface area contributed by atoms with E-state index >= 15 is 0 Å². The van der Waals surface area contributed by atoms with Crippen molar-refractivity contribution >= 4 is 11.8 Å². The smallest absolute Gasteiger partial charge is 0.318 e. The van der Waals surface area contributed by atoms with Crippen molar-refractivity contribution in [3.63, 3.8) is 0 Å². The predicted molar refractivity (Wildman–Crippen MR) is 97.5 cm³/mol. The van der Waals surface area contributed by atoms with Crippen LogP contribution < -0.4 is 10.2 Å². The number of aryl methyl sites for hydroxylation is 2. The summed E-state index contributed by atoms with van der Waals surface area (Å²) in [7, 11) is 3.91. The minimum atomic E-state index is -0.0314. The Morgan fingerprint density at radius 2 is 2.24 bits per heavy atom. The van der Waals surface area contributed by atoms with Crippen molar-refractivity contribution < 1.29 is 4.79 Å². The molecular weight excluding hydrogens is 316 g/mol. The maximum absolute atomic E-state index is 12.8. The molecule has 7 nitrogen and oxygen atoms in total. The van der Waals surface area contributed by atoms with Gasteiger partial charge < -0.3 is 15.1 Å². The zero-order valence-corrected chi connectivity index (χ0v) is 15.3. The summed E-state index contributed by atoms with van der Waals surface area (Å²) in [5.74, 6) is 0.877. The molecule has 3 heterocycles. The highest BCUT2D eigenvalue weighted by molar-refractivity contribution is 5.75. The number of aromatic amines is 1.